The minimum Gasteiger partial charge on any atom is -0.385 e. The Bertz CT molecular complexity index is 444. The first-order valence-electron chi connectivity index (χ1n) is 6.92. The van der Waals surface area contributed by atoms with Crippen LogP contribution in [0, 0.1) is 0 Å². The zero-order valence-electron chi connectivity index (χ0n) is 10.7. The second-order valence-electron chi connectivity index (χ2n) is 4.95. The SMILES string of the molecule is C1=C(c2cccc(C3=CCCCN3)c2)NCCC1. The average Bonchev–Trinajstić information content (AvgIpc) is 2.49. The molecule has 2 N–H and O–H groups in total. The van der Waals surface area contributed by atoms with Crippen molar-refractivity contribution in [1.29, 1.82) is 0 Å². The maximum atomic E-state index is 3.49. The molecule has 94 valence electrons. The fourth-order valence-electron chi connectivity index (χ4n) is 2.58. The van der Waals surface area contributed by atoms with Crippen LogP contribution in [0.1, 0.15) is 36.8 Å². The van der Waals surface area contributed by atoms with Crippen LogP contribution in [0.25, 0.3) is 11.4 Å². The van der Waals surface area contributed by atoms with Crippen molar-refractivity contribution in [2.75, 3.05) is 13.1 Å². The van der Waals surface area contributed by atoms with E-state index in [4.69, 9.17) is 0 Å². The molecule has 0 aliphatic carbocycles. The van der Waals surface area contributed by atoms with Crippen molar-refractivity contribution in [1.82, 2.24) is 10.6 Å². The lowest BCUT2D eigenvalue weighted by molar-refractivity contribution is 0.741. The Morgan fingerprint density at radius 2 is 1.33 bits per heavy atom. The number of allylic oxidation sites excluding steroid dienone is 2. The number of rotatable bonds is 2. The predicted octanol–water partition coefficient (Wildman–Crippen LogP) is 3.14. The van der Waals surface area contributed by atoms with Gasteiger partial charge in [-0.3, -0.25) is 0 Å². The summed E-state index contributed by atoms with van der Waals surface area (Å²) in [7, 11) is 0. The molecule has 0 saturated carbocycles. The molecular formula is C16H20N2. The van der Waals surface area contributed by atoms with Crippen molar-refractivity contribution in [2.24, 2.45) is 0 Å². The van der Waals surface area contributed by atoms with Gasteiger partial charge in [0.1, 0.15) is 0 Å². The molecule has 2 aliphatic heterocycles. The van der Waals surface area contributed by atoms with Gasteiger partial charge < -0.3 is 10.6 Å². The average molecular weight is 240 g/mol. The van der Waals surface area contributed by atoms with Crippen LogP contribution in [0.4, 0.5) is 0 Å². The van der Waals surface area contributed by atoms with Crippen LogP contribution in [0.15, 0.2) is 36.4 Å². The highest BCUT2D eigenvalue weighted by atomic mass is 14.9. The van der Waals surface area contributed by atoms with E-state index in [0.29, 0.717) is 0 Å². The monoisotopic (exact) mass is 240 g/mol. The van der Waals surface area contributed by atoms with Gasteiger partial charge in [0.2, 0.25) is 0 Å². The molecule has 1 aromatic rings. The zero-order chi connectivity index (χ0) is 12.2. The summed E-state index contributed by atoms with van der Waals surface area (Å²) in [6.07, 6.45) is 9.49. The molecule has 2 aliphatic rings. The topological polar surface area (TPSA) is 24.1 Å². The lowest BCUT2D eigenvalue weighted by Crippen LogP contribution is -2.19. The van der Waals surface area contributed by atoms with Gasteiger partial charge in [-0.15, -0.1) is 0 Å². The Balaban J connectivity index is 1.88. The van der Waals surface area contributed by atoms with Crippen LogP contribution in [0.3, 0.4) is 0 Å². The summed E-state index contributed by atoms with van der Waals surface area (Å²) in [6.45, 7) is 2.19. The Labute approximate surface area is 109 Å². The van der Waals surface area contributed by atoms with E-state index in [0.717, 1.165) is 13.1 Å². The molecule has 0 aromatic heterocycles. The smallest absolute Gasteiger partial charge is 0.0373 e. The van der Waals surface area contributed by atoms with Crippen LogP contribution in [0.5, 0.6) is 0 Å². The van der Waals surface area contributed by atoms with Crippen molar-refractivity contribution in [3.63, 3.8) is 0 Å². The van der Waals surface area contributed by atoms with E-state index in [1.807, 2.05) is 0 Å². The molecule has 2 nitrogen and oxygen atoms in total. The number of hydrogen-bond donors (Lipinski definition) is 2. The molecule has 0 saturated heterocycles. The molecule has 1 aromatic carbocycles. The lowest BCUT2D eigenvalue weighted by atomic mass is 10.0. The van der Waals surface area contributed by atoms with E-state index in [1.165, 1.54) is 48.2 Å². The summed E-state index contributed by atoms with van der Waals surface area (Å²) in [6, 6.07) is 8.82. The Hall–Kier alpha value is -1.70. The largest absolute Gasteiger partial charge is 0.385 e. The molecule has 0 amide bonds. The lowest BCUT2D eigenvalue weighted by Gasteiger charge is -2.19. The molecule has 0 unspecified atom stereocenters. The molecule has 0 fully saturated rings. The number of benzene rings is 1. The predicted molar refractivity (Wildman–Crippen MR) is 76.9 cm³/mol. The van der Waals surface area contributed by atoms with Crippen molar-refractivity contribution < 1.29 is 0 Å². The van der Waals surface area contributed by atoms with Gasteiger partial charge in [-0.05, 0) is 42.9 Å². The Morgan fingerprint density at radius 3 is 1.78 bits per heavy atom. The maximum absolute atomic E-state index is 3.49. The summed E-state index contributed by atoms with van der Waals surface area (Å²) < 4.78 is 0. The fourth-order valence-corrected chi connectivity index (χ4v) is 2.58. The van der Waals surface area contributed by atoms with Crippen molar-refractivity contribution in [3.8, 4) is 0 Å². The fraction of sp³-hybridized carbons (Fsp3) is 0.375. The van der Waals surface area contributed by atoms with Crippen LogP contribution in [0.2, 0.25) is 0 Å². The molecule has 0 radical (unpaired) electrons. The molecule has 3 rings (SSSR count). The van der Waals surface area contributed by atoms with Gasteiger partial charge in [0.25, 0.3) is 0 Å². The molecule has 0 atom stereocenters. The maximum Gasteiger partial charge on any atom is 0.0373 e. The van der Waals surface area contributed by atoms with Crippen molar-refractivity contribution in [3.05, 3.63) is 47.5 Å². The van der Waals surface area contributed by atoms with Crippen LogP contribution >= 0.6 is 0 Å². The highest BCUT2D eigenvalue weighted by Gasteiger charge is 2.09. The Kier molecular flexibility index (Phi) is 3.35. The van der Waals surface area contributed by atoms with Crippen LogP contribution in [-0.2, 0) is 0 Å². The van der Waals surface area contributed by atoms with Gasteiger partial charge in [0.15, 0.2) is 0 Å². The van der Waals surface area contributed by atoms with E-state index in [-0.39, 0.29) is 0 Å². The number of hydrogen-bond acceptors (Lipinski definition) is 2. The van der Waals surface area contributed by atoms with Gasteiger partial charge in [0, 0.05) is 24.5 Å². The molecule has 0 bridgehead atoms. The minimum absolute atomic E-state index is 1.09. The van der Waals surface area contributed by atoms with Crippen LogP contribution in [-0.4, -0.2) is 13.1 Å². The van der Waals surface area contributed by atoms with E-state index in [1.54, 1.807) is 0 Å². The third-order valence-electron chi connectivity index (χ3n) is 3.57. The summed E-state index contributed by atoms with van der Waals surface area (Å²) in [5.41, 5.74) is 5.19. The standard InChI is InChI=1S/C16H20N2/c1-3-10-17-15(8-1)13-6-5-7-14(12-13)16-9-2-4-11-18-16/h5-9,12,17-18H,1-4,10-11H2. The van der Waals surface area contributed by atoms with E-state index >= 15 is 0 Å². The van der Waals surface area contributed by atoms with Crippen molar-refractivity contribution in [2.45, 2.75) is 25.7 Å². The van der Waals surface area contributed by atoms with Crippen molar-refractivity contribution >= 4 is 11.4 Å². The van der Waals surface area contributed by atoms with E-state index in [9.17, 15) is 0 Å². The summed E-state index contributed by atoms with van der Waals surface area (Å²) in [4.78, 5) is 0. The summed E-state index contributed by atoms with van der Waals surface area (Å²) in [5, 5.41) is 6.97. The van der Waals surface area contributed by atoms with Crippen LogP contribution < -0.4 is 10.6 Å². The van der Waals surface area contributed by atoms with E-state index in [2.05, 4.69) is 47.1 Å². The minimum atomic E-state index is 1.09. The zero-order valence-corrected chi connectivity index (χ0v) is 10.7. The first-order valence-corrected chi connectivity index (χ1v) is 6.92. The summed E-state index contributed by atoms with van der Waals surface area (Å²) in [5.74, 6) is 0. The first kappa shape index (κ1) is 11.4. The molecule has 2 heteroatoms. The normalized spacial score (nSPS) is 19.3. The highest BCUT2D eigenvalue weighted by Crippen LogP contribution is 2.22. The molecule has 2 heterocycles. The van der Waals surface area contributed by atoms with Gasteiger partial charge in [-0.25, -0.2) is 0 Å². The molecule has 18 heavy (non-hydrogen) atoms. The van der Waals surface area contributed by atoms with Gasteiger partial charge in [0.05, 0.1) is 0 Å². The molecular weight excluding hydrogens is 220 g/mol. The highest BCUT2D eigenvalue weighted by molar-refractivity contribution is 5.71. The first-order chi connectivity index (χ1) is 8.93. The van der Waals surface area contributed by atoms with Gasteiger partial charge in [-0.2, -0.15) is 0 Å². The quantitative estimate of drug-likeness (QED) is 0.830. The third-order valence-corrected chi connectivity index (χ3v) is 3.57. The second kappa shape index (κ2) is 5.30. The number of nitrogens with one attached hydrogen (secondary N) is 2. The third kappa shape index (κ3) is 2.42. The molecule has 0 spiro atoms. The summed E-state index contributed by atoms with van der Waals surface area (Å²) >= 11 is 0. The van der Waals surface area contributed by atoms with Gasteiger partial charge in [-0.1, -0.05) is 30.4 Å². The second-order valence-corrected chi connectivity index (χ2v) is 4.95. The van der Waals surface area contributed by atoms with Gasteiger partial charge >= 0.3 is 0 Å². The Morgan fingerprint density at radius 1 is 0.778 bits per heavy atom. The van der Waals surface area contributed by atoms with E-state index < -0.39 is 0 Å².